The lowest BCUT2D eigenvalue weighted by Crippen LogP contribution is -2.60. The van der Waals surface area contributed by atoms with Gasteiger partial charge in [-0.3, -0.25) is 10.1 Å². The van der Waals surface area contributed by atoms with Crippen molar-refractivity contribution < 1.29 is 29.3 Å². The summed E-state index contributed by atoms with van der Waals surface area (Å²) in [5.41, 5.74) is -2.26. The maximum absolute atomic E-state index is 11.2. The number of carboxylic acid groups (broad SMARTS) is 2. The zero-order valence-electron chi connectivity index (χ0n) is 8.02. The van der Waals surface area contributed by atoms with Crippen LogP contribution in [0.2, 0.25) is 0 Å². The van der Waals surface area contributed by atoms with E-state index in [0.717, 1.165) is 7.11 Å². The van der Waals surface area contributed by atoms with E-state index in [2.05, 4.69) is 10.1 Å². The van der Waals surface area contributed by atoms with Gasteiger partial charge in [0.2, 0.25) is 5.54 Å². The Morgan fingerprint density at radius 3 is 2.27 bits per heavy atom. The molecule has 0 aromatic rings. The fourth-order valence-electron chi connectivity index (χ4n) is 1.73. The summed E-state index contributed by atoms with van der Waals surface area (Å²) in [5, 5.41) is 20.1. The Hall–Kier alpha value is -1.63. The first kappa shape index (κ1) is 11.4. The molecule has 1 atom stereocenters. The van der Waals surface area contributed by atoms with Gasteiger partial charge in [0.15, 0.2) is 0 Å². The topological polar surface area (TPSA) is 113 Å². The maximum atomic E-state index is 11.2. The van der Waals surface area contributed by atoms with Gasteiger partial charge in [-0.25, -0.2) is 9.59 Å². The number of rotatable bonds is 3. The van der Waals surface area contributed by atoms with E-state index in [-0.39, 0.29) is 13.0 Å². The molecule has 1 unspecified atom stereocenters. The Labute approximate surface area is 85.0 Å². The number of aliphatic carboxylic acids is 2. The predicted molar refractivity (Wildman–Crippen MR) is 46.1 cm³/mol. The second kappa shape index (κ2) is 3.85. The normalized spacial score (nSPS) is 23.4. The highest BCUT2D eigenvalue weighted by molar-refractivity contribution is 6.07. The van der Waals surface area contributed by atoms with Gasteiger partial charge in [-0.1, -0.05) is 0 Å². The molecule has 3 N–H and O–H groups in total. The molecule has 1 aliphatic rings. The van der Waals surface area contributed by atoms with Crippen LogP contribution < -0.4 is 5.32 Å². The standard InChI is InChI=1S/C8H11NO6/c1-15-5(10)4-2-3-9-8(4,6(11)12)7(13)14/h4,9H,2-3H2,1H3,(H,11,12)(H,13,14). The number of ether oxygens (including phenoxy) is 1. The summed E-state index contributed by atoms with van der Waals surface area (Å²) < 4.78 is 4.38. The van der Waals surface area contributed by atoms with Gasteiger partial charge in [0.05, 0.1) is 13.0 Å². The molecule has 0 spiro atoms. The van der Waals surface area contributed by atoms with Crippen LogP contribution in [0.5, 0.6) is 0 Å². The van der Waals surface area contributed by atoms with Crippen LogP contribution in [0.3, 0.4) is 0 Å². The first-order valence-corrected chi connectivity index (χ1v) is 4.26. The fourth-order valence-corrected chi connectivity index (χ4v) is 1.73. The average molecular weight is 217 g/mol. The van der Waals surface area contributed by atoms with Crippen molar-refractivity contribution in [3.63, 3.8) is 0 Å². The zero-order valence-corrected chi connectivity index (χ0v) is 8.02. The summed E-state index contributed by atoms with van der Waals surface area (Å²) in [6, 6.07) is 0. The van der Waals surface area contributed by atoms with Crippen molar-refractivity contribution in [1.82, 2.24) is 5.32 Å². The molecular formula is C8H11NO6. The Bertz CT molecular complexity index is 298. The summed E-state index contributed by atoms with van der Waals surface area (Å²) in [4.78, 5) is 33.1. The molecule has 0 aromatic heterocycles. The van der Waals surface area contributed by atoms with Crippen molar-refractivity contribution in [2.75, 3.05) is 13.7 Å². The van der Waals surface area contributed by atoms with E-state index in [4.69, 9.17) is 10.2 Å². The number of esters is 1. The molecule has 7 nitrogen and oxygen atoms in total. The van der Waals surface area contributed by atoms with Crippen molar-refractivity contribution in [2.45, 2.75) is 12.0 Å². The molecule has 1 saturated heterocycles. The third kappa shape index (κ3) is 1.54. The first-order valence-electron chi connectivity index (χ1n) is 4.26. The quantitative estimate of drug-likeness (QED) is 0.396. The third-order valence-corrected chi connectivity index (χ3v) is 2.52. The lowest BCUT2D eigenvalue weighted by Gasteiger charge is -2.24. The largest absolute Gasteiger partial charge is 0.479 e. The van der Waals surface area contributed by atoms with E-state index < -0.39 is 29.4 Å². The smallest absolute Gasteiger partial charge is 0.336 e. The maximum Gasteiger partial charge on any atom is 0.336 e. The molecule has 0 saturated carbocycles. The summed E-state index contributed by atoms with van der Waals surface area (Å²) in [5.74, 6) is -5.19. The molecule has 0 aliphatic carbocycles. The SMILES string of the molecule is COC(=O)C1CCNC1(C(=O)O)C(=O)O. The van der Waals surface area contributed by atoms with Crippen molar-refractivity contribution in [1.29, 1.82) is 0 Å². The highest BCUT2D eigenvalue weighted by Gasteiger charge is 2.59. The number of carbonyl (C=O) groups is 3. The summed E-state index contributed by atoms with van der Waals surface area (Å²) >= 11 is 0. The predicted octanol–water partition coefficient (Wildman–Crippen LogP) is -1.32. The van der Waals surface area contributed by atoms with Crippen LogP contribution in [0.15, 0.2) is 0 Å². The van der Waals surface area contributed by atoms with E-state index in [1.807, 2.05) is 0 Å². The van der Waals surface area contributed by atoms with E-state index >= 15 is 0 Å². The third-order valence-electron chi connectivity index (χ3n) is 2.52. The second-order valence-corrected chi connectivity index (χ2v) is 3.21. The zero-order chi connectivity index (χ0) is 11.6. The van der Waals surface area contributed by atoms with Gasteiger partial charge in [0.25, 0.3) is 0 Å². The van der Waals surface area contributed by atoms with E-state index in [9.17, 15) is 14.4 Å². The van der Waals surface area contributed by atoms with Gasteiger partial charge < -0.3 is 14.9 Å². The molecule has 7 heteroatoms. The highest BCUT2D eigenvalue weighted by atomic mass is 16.5. The van der Waals surface area contributed by atoms with Crippen LogP contribution in [0.25, 0.3) is 0 Å². The molecular weight excluding hydrogens is 206 g/mol. The molecule has 15 heavy (non-hydrogen) atoms. The Balaban J connectivity index is 3.11. The summed E-state index contributed by atoms with van der Waals surface area (Å²) in [6.07, 6.45) is 0.130. The highest BCUT2D eigenvalue weighted by Crippen LogP contribution is 2.28. The molecule has 1 aliphatic heterocycles. The Morgan fingerprint density at radius 1 is 1.33 bits per heavy atom. The van der Waals surface area contributed by atoms with E-state index in [0.29, 0.717) is 0 Å². The number of carbonyl (C=O) groups excluding carboxylic acids is 1. The summed E-state index contributed by atoms with van der Waals surface area (Å²) in [6.45, 7) is 0.151. The lowest BCUT2D eigenvalue weighted by molar-refractivity contribution is -0.167. The Kier molecular flexibility index (Phi) is 2.94. The monoisotopic (exact) mass is 217 g/mol. The fraction of sp³-hybridized carbons (Fsp3) is 0.625. The minimum absolute atomic E-state index is 0.130. The molecule has 1 heterocycles. The molecule has 0 aromatic carbocycles. The van der Waals surface area contributed by atoms with Crippen LogP contribution in [-0.4, -0.2) is 47.3 Å². The first-order chi connectivity index (χ1) is 6.96. The van der Waals surface area contributed by atoms with Gasteiger partial charge >= 0.3 is 17.9 Å². The molecule has 84 valence electrons. The molecule has 1 rings (SSSR count). The van der Waals surface area contributed by atoms with Crippen molar-refractivity contribution in [2.24, 2.45) is 5.92 Å². The van der Waals surface area contributed by atoms with Crippen LogP contribution in [0, 0.1) is 5.92 Å². The molecule has 0 radical (unpaired) electrons. The van der Waals surface area contributed by atoms with Crippen LogP contribution >= 0.6 is 0 Å². The van der Waals surface area contributed by atoms with Crippen LogP contribution in [-0.2, 0) is 19.1 Å². The number of nitrogens with one attached hydrogen (secondary N) is 1. The number of hydrogen-bond donors (Lipinski definition) is 3. The average Bonchev–Trinajstić information content (AvgIpc) is 2.61. The minimum Gasteiger partial charge on any atom is -0.479 e. The number of methoxy groups -OCH3 is 1. The lowest BCUT2D eigenvalue weighted by atomic mass is 9.85. The number of carboxylic acids is 2. The number of hydrogen-bond acceptors (Lipinski definition) is 5. The van der Waals surface area contributed by atoms with Crippen molar-refractivity contribution in [3.05, 3.63) is 0 Å². The van der Waals surface area contributed by atoms with Gasteiger partial charge in [0.1, 0.15) is 0 Å². The van der Waals surface area contributed by atoms with Crippen molar-refractivity contribution >= 4 is 17.9 Å². The second-order valence-electron chi connectivity index (χ2n) is 3.21. The molecule has 0 amide bonds. The molecule has 1 fully saturated rings. The van der Waals surface area contributed by atoms with Crippen LogP contribution in [0.1, 0.15) is 6.42 Å². The minimum atomic E-state index is -2.26. The van der Waals surface area contributed by atoms with Crippen LogP contribution in [0.4, 0.5) is 0 Å². The van der Waals surface area contributed by atoms with Crippen molar-refractivity contribution in [3.8, 4) is 0 Å². The molecule has 0 bridgehead atoms. The van der Waals surface area contributed by atoms with Gasteiger partial charge in [-0.15, -0.1) is 0 Å². The Morgan fingerprint density at radius 2 is 1.87 bits per heavy atom. The summed E-state index contributed by atoms with van der Waals surface area (Å²) in [7, 11) is 1.09. The van der Waals surface area contributed by atoms with E-state index in [1.54, 1.807) is 0 Å². The van der Waals surface area contributed by atoms with Gasteiger partial charge in [-0.2, -0.15) is 0 Å². The van der Waals surface area contributed by atoms with Gasteiger partial charge in [-0.05, 0) is 13.0 Å². The van der Waals surface area contributed by atoms with E-state index in [1.165, 1.54) is 0 Å². The van der Waals surface area contributed by atoms with Gasteiger partial charge in [0, 0.05) is 0 Å².